The molecule has 0 aliphatic heterocycles. The largest absolute Gasteiger partial charge is 0.326 e. The molecule has 1 aromatic rings. The molecular formula is C30H45N3O3. The fraction of sp³-hybridized carbons (Fsp3) is 0.700. The molecule has 198 valence electrons. The Hall–Kier alpha value is -2.37. The lowest BCUT2D eigenvalue weighted by Gasteiger charge is -2.30. The van der Waals surface area contributed by atoms with E-state index in [0.717, 1.165) is 77.0 Å². The van der Waals surface area contributed by atoms with E-state index in [1.165, 1.54) is 12.8 Å². The quantitative estimate of drug-likeness (QED) is 0.376. The third-order valence-corrected chi connectivity index (χ3v) is 8.77. The van der Waals surface area contributed by atoms with Crippen molar-refractivity contribution in [3.8, 4) is 0 Å². The number of carbonyl (C=O) groups excluding carboxylic acids is 3. The predicted molar refractivity (Wildman–Crippen MR) is 146 cm³/mol. The summed E-state index contributed by atoms with van der Waals surface area (Å²) in [5.74, 6) is 1.56. The highest BCUT2D eigenvalue weighted by Crippen LogP contribution is 2.35. The summed E-state index contributed by atoms with van der Waals surface area (Å²) in [6.45, 7) is 4.53. The van der Waals surface area contributed by atoms with E-state index >= 15 is 0 Å². The highest BCUT2D eigenvalue weighted by Gasteiger charge is 2.28. The van der Waals surface area contributed by atoms with Crippen molar-refractivity contribution in [2.75, 3.05) is 16.0 Å². The smallest absolute Gasteiger partial charge is 0.227 e. The molecule has 6 heteroatoms. The zero-order valence-electron chi connectivity index (χ0n) is 22.2. The van der Waals surface area contributed by atoms with E-state index in [2.05, 4.69) is 29.8 Å². The van der Waals surface area contributed by atoms with Crippen LogP contribution >= 0.6 is 0 Å². The van der Waals surface area contributed by atoms with Crippen molar-refractivity contribution in [3.05, 3.63) is 18.2 Å². The Morgan fingerprint density at radius 3 is 1.22 bits per heavy atom. The van der Waals surface area contributed by atoms with Gasteiger partial charge in [0.15, 0.2) is 0 Å². The molecule has 0 saturated heterocycles. The molecule has 6 nitrogen and oxygen atoms in total. The zero-order valence-corrected chi connectivity index (χ0v) is 22.2. The van der Waals surface area contributed by atoms with Crippen LogP contribution in [0.1, 0.15) is 104 Å². The molecule has 3 N–H and O–H groups in total. The second-order valence-electron chi connectivity index (χ2n) is 11.8. The molecule has 3 aliphatic rings. The summed E-state index contributed by atoms with van der Waals surface area (Å²) >= 11 is 0. The van der Waals surface area contributed by atoms with E-state index in [1.54, 1.807) is 0 Å². The molecule has 3 aliphatic carbocycles. The number of nitrogens with one attached hydrogen (secondary N) is 3. The van der Waals surface area contributed by atoms with Crippen molar-refractivity contribution in [2.24, 2.45) is 29.6 Å². The Balaban J connectivity index is 1.46. The third-order valence-electron chi connectivity index (χ3n) is 8.77. The van der Waals surface area contributed by atoms with Gasteiger partial charge in [-0.3, -0.25) is 14.4 Å². The maximum absolute atomic E-state index is 13.1. The first-order valence-corrected chi connectivity index (χ1v) is 14.5. The Kier molecular flexibility index (Phi) is 9.44. The van der Waals surface area contributed by atoms with E-state index in [9.17, 15) is 14.4 Å². The Morgan fingerprint density at radius 2 is 0.889 bits per heavy atom. The minimum absolute atomic E-state index is 0.0146. The highest BCUT2D eigenvalue weighted by atomic mass is 16.2. The van der Waals surface area contributed by atoms with Crippen LogP contribution in [0.2, 0.25) is 0 Å². The number of carbonyl (C=O) groups is 3. The van der Waals surface area contributed by atoms with Gasteiger partial charge in [0, 0.05) is 34.8 Å². The van der Waals surface area contributed by atoms with E-state index in [1.807, 2.05) is 18.2 Å². The number of hydrogen-bond acceptors (Lipinski definition) is 3. The minimum atomic E-state index is 0.0146. The first kappa shape index (κ1) is 26.7. The van der Waals surface area contributed by atoms with Crippen molar-refractivity contribution in [3.63, 3.8) is 0 Å². The van der Waals surface area contributed by atoms with Gasteiger partial charge >= 0.3 is 0 Å². The predicted octanol–water partition coefficient (Wildman–Crippen LogP) is 7.13. The summed E-state index contributed by atoms with van der Waals surface area (Å²) in [6.07, 6.45) is 14.5. The summed E-state index contributed by atoms with van der Waals surface area (Å²) in [5, 5.41) is 9.25. The van der Waals surface area contributed by atoms with Crippen LogP contribution in [0.5, 0.6) is 0 Å². The lowest BCUT2D eigenvalue weighted by molar-refractivity contribution is -0.121. The molecule has 0 atom stereocenters. The molecule has 3 fully saturated rings. The number of hydrogen-bond donors (Lipinski definition) is 3. The Labute approximate surface area is 216 Å². The average molecular weight is 496 g/mol. The molecule has 4 rings (SSSR count). The van der Waals surface area contributed by atoms with Crippen LogP contribution in [0, 0.1) is 29.6 Å². The first-order valence-electron chi connectivity index (χ1n) is 14.5. The van der Waals surface area contributed by atoms with Gasteiger partial charge in [0.2, 0.25) is 17.7 Å². The topological polar surface area (TPSA) is 87.3 Å². The molecule has 0 spiro atoms. The third kappa shape index (κ3) is 7.33. The minimum Gasteiger partial charge on any atom is -0.326 e. The van der Waals surface area contributed by atoms with Crippen molar-refractivity contribution in [2.45, 2.75) is 104 Å². The van der Waals surface area contributed by atoms with Gasteiger partial charge in [0.1, 0.15) is 0 Å². The molecular weight excluding hydrogens is 450 g/mol. The first-order chi connectivity index (χ1) is 17.4. The molecule has 0 radical (unpaired) electrons. The molecule has 0 heterocycles. The summed E-state index contributed by atoms with van der Waals surface area (Å²) in [7, 11) is 0. The van der Waals surface area contributed by atoms with Crippen molar-refractivity contribution >= 4 is 34.8 Å². The fourth-order valence-corrected chi connectivity index (χ4v) is 6.35. The van der Waals surface area contributed by atoms with Gasteiger partial charge in [0.25, 0.3) is 0 Å². The maximum atomic E-state index is 13.1. The van der Waals surface area contributed by atoms with Gasteiger partial charge in [-0.25, -0.2) is 0 Å². The average Bonchev–Trinajstić information content (AvgIpc) is 2.89. The van der Waals surface area contributed by atoms with Crippen molar-refractivity contribution in [1.82, 2.24) is 0 Å². The van der Waals surface area contributed by atoms with Crippen LogP contribution in [-0.4, -0.2) is 17.7 Å². The van der Waals surface area contributed by atoms with Gasteiger partial charge in [-0.15, -0.1) is 0 Å². The summed E-state index contributed by atoms with van der Waals surface area (Å²) in [4.78, 5) is 39.0. The van der Waals surface area contributed by atoms with Gasteiger partial charge in [-0.1, -0.05) is 52.4 Å². The van der Waals surface area contributed by atoms with Gasteiger partial charge in [-0.2, -0.15) is 0 Å². The van der Waals surface area contributed by atoms with Crippen LogP contribution in [-0.2, 0) is 14.4 Å². The monoisotopic (exact) mass is 495 g/mol. The Bertz CT molecular complexity index is 858. The van der Waals surface area contributed by atoms with Crippen molar-refractivity contribution in [1.29, 1.82) is 0 Å². The molecule has 1 aromatic carbocycles. The second kappa shape index (κ2) is 12.7. The molecule has 3 amide bonds. The van der Waals surface area contributed by atoms with Crippen LogP contribution in [0.25, 0.3) is 0 Å². The Morgan fingerprint density at radius 1 is 0.556 bits per heavy atom. The number of amides is 3. The van der Waals surface area contributed by atoms with Crippen LogP contribution in [0.15, 0.2) is 18.2 Å². The fourth-order valence-electron chi connectivity index (χ4n) is 6.35. The molecule has 0 bridgehead atoms. The molecule has 3 saturated carbocycles. The van der Waals surface area contributed by atoms with E-state index in [4.69, 9.17) is 0 Å². The summed E-state index contributed by atoms with van der Waals surface area (Å²) in [6, 6.07) is 5.48. The highest BCUT2D eigenvalue weighted by molar-refractivity contribution is 5.99. The van der Waals surface area contributed by atoms with E-state index < -0.39 is 0 Å². The van der Waals surface area contributed by atoms with Crippen LogP contribution < -0.4 is 16.0 Å². The van der Waals surface area contributed by atoms with Crippen molar-refractivity contribution < 1.29 is 14.4 Å². The lowest BCUT2D eigenvalue weighted by Crippen LogP contribution is -2.29. The van der Waals surface area contributed by atoms with E-state index in [-0.39, 0.29) is 35.5 Å². The van der Waals surface area contributed by atoms with Gasteiger partial charge in [-0.05, 0) is 81.4 Å². The number of rotatable bonds is 7. The normalized spacial score (nSPS) is 23.8. The standard InChI is InChI=1S/C30H45N3O3/c1-20(2)21-13-15-24(16-14-21)30(36)33-27-18-25(31-28(34)22-9-5-3-6-10-22)17-26(19-27)32-29(35)23-11-7-4-8-12-23/h17-24H,3-16H2,1-2H3,(H,31,34)(H,32,35)(H,33,36). The molecule has 0 aromatic heterocycles. The molecule has 36 heavy (non-hydrogen) atoms. The SMILES string of the molecule is CC(C)C1CCC(C(=O)Nc2cc(NC(=O)C3CCCCC3)cc(NC(=O)C3CCCCC3)c2)CC1. The second-order valence-corrected chi connectivity index (χ2v) is 11.8. The maximum Gasteiger partial charge on any atom is 0.227 e. The van der Waals surface area contributed by atoms with E-state index in [0.29, 0.717) is 28.9 Å². The van der Waals surface area contributed by atoms with Crippen LogP contribution in [0.3, 0.4) is 0 Å². The number of anilines is 3. The molecule has 0 unspecified atom stereocenters. The van der Waals surface area contributed by atoms with Gasteiger partial charge < -0.3 is 16.0 Å². The number of benzene rings is 1. The zero-order chi connectivity index (χ0) is 25.5. The summed E-state index contributed by atoms with van der Waals surface area (Å²) < 4.78 is 0. The van der Waals surface area contributed by atoms with Gasteiger partial charge in [0.05, 0.1) is 0 Å². The summed E-state index contributed by atoms with van der Waals surface area (Å²) in [5.41, 5.74) is 1.89. The van der Waals surface area contributed by atoms with Crippen LogP contribution in [0.4, 0.5) is 17.1 Å². The lowest BCUT2D eigenvalue weighted by atomic mass is 9.76.